The Morgan fingerprint density at radius 2 is 1.88 bits per heavy atom. The van der Waals surface area contributed by atoms with Crippen molar-refractivity contribution >= 4 is 27.7 Å². The number of aromatic hydroxyl groups is 1. The minimum absolute atomic E-state index is 0.0239. The van der Waals surface area contributed by atoms with Crippen LogP contribution in [0.2, 0.25) is 0 Å². The van der Waals surface area contributed by atoms with Gasteiger partial charge in [-0.05, 0) is 30.3 Å². The summed E-state index contributed by atoms with van der Waals surface area (Å²) in [7, 11) is 0. The van der Waals surface area contributed by atoms with Crippen LogP contribution in [0.1, 0.15) is 10.4 Å². The van der Waals surface area contributed by atoms with Gasteiger partial charge in [0.1, 0.15) is 12.4 Å². The Morgan fingerprint density at radius 3 is 2.67 bits per heavy atom. The molecule has 7 nitrogen and oxygen atoms in total. The minimum atomic E-state index is -0.892. The van der Waals surface area contributed by atoms with E-state index in [1.165, 1.54) is 12.1 Å². The molecule has 0 aromatic heterocycles. The van der Waals surface area contributed by atoms with Gasteiger partial charge in [-0.1, -0.05) is 28.1 Å². The molecule has 2 amide bonds. The molecule has 2 aromatic rings. The van der Waals surface area contributed by atoms with Gasteiger partial charge in [-0.15, -0.1) is 0 Å². The second kappa shape index (κ2) is 6.79. The van der Waals surface area contributed by atoms with Crippen LogP contribution in [0.25, 0.3) is 0 Å². The third-order valence-electron chi connectivity index (χ3n) is 3.30. The Labute approximate surface area is 145 Å². The summed E-state index contributed by atoms with van der Waals surface area (Å²) in [6.45, 7) is 0.0286. The molecule has 0 saturated heterocycles. The molecule has 0 saturated carbocycles. The highest BCUT2D eigenvalue weighted by molar-refractivity contribution is 9.10. The zero-order chi connectivity index (χ0) is 17.1. The average Bonchev–Trinajstić information content (AvgIpc) is 2.61. The van der Waals surface area contributed by atoms with Crippen molar-refractivity contribution in [3.05, 3.63) is 52.5 Å². The summed E-state index contributed by atoms with van der Waals surface area (Å²) in [4.78, 5) is 24.1. The number of fused-ring (bicyclic) bond motifs is 1. The molecule has 0 bridgehead atoms. The van der Waals surface area contributed by atoms with Crippen LogP contribution in [-0.2, 0) is 4.79 Å². The van der Waals surface area contributed by atoms with Gasteiger partial charge < -0.3 is 14.6 Å². The molecule has 1 unspecified atom stereocenters. The van der Waals surface area contributed by atoms with E-state index < -0.39 is 17.9 Å². The maximum atomic E-state index is 12.1. The van der Waals surface area contributed by atoms with E-state index in [9.17, 15) is 14.7 Å². The third-order valence-corrected chi connectivity index (χ3v) is 3.80. The molecule has 1 atom stereocenters. The first-order valence-electron chi connectivity index (χ1n) is 7.02. The molecule has 124 valence electrons. The van der Waals surface area contributed by atoms with E-state index in [1.807, 2.05) is 0 Å². The lowest BCUT2D eigenvalue weighted by atomic mass is 10.2. The molecule has 0 fully saturated rings. The summed E-state index contributed by atoms with van der Waals surface area (Å²) in [6, 6.07) is 11.4. The molecule has 3 rings (SSSR count). The highest BCUT2D eigenvalue weighted by Crippen LogP contribution is 2.30. The summed E-state index contributed by atoms with van der Waals surface area (Å²) < 4.78 is 11.6. The number of halogens is 1. The first kappa shape index (κ1) is 16.1. The number of carbonyl (C=O) groups is 2. The lowest BCUT2D eigenvalue weighted by Crippen LogP contribution is -2.50. The summed E-state index contributed by atoms with van der Waals surface area (Å²) in [5.74, 6) is -0.396. The third kappa shape index (κ3) is 3.43. The molecule has 1 heterocycles. The zero-order valence-electron chi connectivity index (χ0n) is 12.3. The number of nitrogens with one attached hydrogen (secondary N) is 2. The van der Waals surface area contributed by atoms with Crippen LogP contribution >= 0.6 is 15.9 Å². The van der Waals surface area contributed by atoms with Gasteiger partial charge in [-0.2, -0.15) is 0 Å². The Balaban J connectivity index is 1.60. The van der Waals surface area contributed by atoms with Crippen molar-refractivity contribution in [1.29, 1.82) is 0 Å². The van der Waals surface area contributed by atoms with Crippen LogP contribution in [-0.4, -0.2) is 29.6 Å². The first-order chi connectivity index (χ1) is 11.5. The van der Waals surface area contributed by atoms with E-state index in [4.69, 9.17) is 9.47 Å². The summed E-state index contributed by atoms with van der Waals surface area (Å²) in [5.41, 5.74) is 4.52. The standard InChI is InChI=1S/C16H13BrN2O5/c17-9-5-6-11(20)10(7-9)15(21)18-19-16(22)14-8-23-12-3-1-2-4-13(12)24-14/h1-7,14,20H,8H2,(H,18,21)(H,19,22). The van der Waals surface area contributed by atoms with Gasteiger partial charge >= 0.3 is 0 Å². The molecule has 24 heavy (non-hydrogen) atoms. The van der Waals surface area contributed by atoms with Crippen molar-refractivity contribution in [3.63, 3.8) is 0 Å². The zero-order valence-corrected chi connectivity index (χ0v) is 13.9. The molecule has 8 heteroatoms. The molecule has 0 spiro atoms. The molecular weight excluding hydrogens is 380 g/mol. The molecule has 1 aliphatic heterocycles. The lowest BCUT2D eigenvalue weighted by Gasteiger charge is -2.25. The van der Waals surface area contributed by atoms with Gasteiger partial charge in [-0.3, -0.25) is 20.4 Å². The maximum absolute atomic E-state index is 12.1. The van der Waals surface area contributed by atoms with Crippen LogP contribution < -0.4 is 20.3 Å². The molecule has 0 radical (unpaired) electrons. The Bertz CT molecular complexity index is 796. The molecule has 1 aliphatic rings. The Kier molecular flexibility index (Phi) is 4.57. The molecule has 0 aliphatic carbocycles. The normalized spacial score (nSPS) is 15.5. The van der Waals surface area contributed by atoms with E-state index >= 15 is 0 Å². The van der Waals surface area contributed by atoms with Gasteiger partial charge in [0.05, 0.1) is 5.56 Å². The summed E-state index contributed by atoms with van der Waals surface area (Å²) >= 11 is 3.21. The second-order valence-electron chi connectivity index (χ2n) is 4.97. The largest absolute Gasteiger partial charge is 0.507 e. The molecule has 2 aromatic carbocycles. The fraction of sp³-hybridized carbons (Fsp3) is 0.125. The monoisotopic (exact) mass is 392 g/mol. The van der Waals surface area contributed by atoms with Crippen molar-refractivity contribution in [2.45, 2.75) is 6.10 Å². The van der Waals surface area contributed by atoms with Crippen molar-refractivity contribution in [2.75, 3.05) is 6.61 Å². The van der Waals surface area contributed by atoms with Crippen LogP contribution in [0, 0.1) is 0 Å². The summed E-state index contributed by atoms with van der Waals surface area (Å²) in [5, 5.41) is 9.69. The number of rotatable bonds is 2. The van der Waals surface area contributed by atoms with E-state index in [0.29, 0.717) is 16.0 Å². The number of carbonyl (C=O) groups excluding carboxylic acids is 2. The fourth-order valence-electron chi connectivity index (χ4n) is 2.11. The first-order valence-corrected chi connectivity index (χ1v) is 7.81. The number of phenols is 1. The van der Waals surface area contributed by atoms with E-state index in [-0.39, 0.29) is 17.9 Å². The Morgan fingerprint density at radius 1 is 1.12 bits per heavy atom. The van der Waals surface area contributed by atoms with Crippen LogP contribution in [0.3, 0.4) is 0 Å². The highest BCUT2D eigenvalue weighted by Gasteiger charge is 2.27. The van der Waals surface area contributed by atoms with Crippen molar-refractivity contribution in [1.82, 2.24) is 10.9 Å². The molecule has 3 N–H and O–H groups in total. The number of ether oxygens (including phenoxy) is 2. The highest BCUT2D eigenvalue weighted by atomic mass is 79.9. The maximum Gasteiger partial charge on any atom is 0.283 e. The van der Waals surface area contributed by atoms with Crippen LogP contribution in [0.15, 0.2) is 46.9 Å². The second-order valence-corrected chi connectivity index (χ2v) is 5.88. The van der Waals surface area contributed by atoms with Gasteiger partial charge in [0, 0.05) is 4.47 Å². The van der Waals surface area contributed by atoms with Gasteiger partial charge in [0.25, 0.3) is 11.8 Å². The number of benzene rings is 2. The van der Waals surface area contributed by atoms with Crippen LogP contribution in [0.5, 0.6) is 17.2 Å². The number of amides is 2. The van der Waals surface area contributed by atoms with E-state index in [1.54, 1.807) is 30.3 Å². The number of hydrazine groups is 1. The number of hydrogen-bond donors (Lipinski definition) is 3. The van der Waals surface area contributed by atoms with E-state index in [0.717, 1.165) is 0 Å². The summed E-state index contributed by atoms with van der Waals surface area (Å²) in [6.07, 6.45) is -0.892. The van der Waals surface area contributed by atoms with Crippen LogP contribution in [0.4, 0.5) is 0 Å². The minimum Gasteiger partial charge on any atom is -0.507 e. The van der Waals surface area contributed by atoms with Crippen molar-refractivity contribution in [3.8, 4) is 17.2 Å². The fourth-order valence-corrected chi connectivity index (χ4v) is 2.47. The van der Waals surface area contributed by atoms with Gasteiger partial charge in [0.2, 0.25) is 6.10 Å². The topological polar surface area (TPSA) is 96.9 Å². The number of hydrogen-bond acceptors (Lipinski definition) is 5. The number of para-hydroxylation sites is 2. The molecular formula is C16H13BrN2O5. The quantitative estimate of drug-likeness (QED) is 0.676. The van der Waals surface area contributed by atoms with E-state index in [2.05, 4.69) is 26.8 Å². The predicted octanol–water partition coefficient (Wildman–Crippen LogP) is 1.76. The Hall–Kier alpha value is -2.74. The smallest absolute Gasteiger partial charge is 0.283 e. The van der Waals surface area contributed by atoms with Gasteiger partial charge in [-0.25, -0.2) is 0 Å². The van der Waals surface area contributed by atoms with Crippen molar-refractivity contribution in [2.24, 2.45) is 0 Å². The van der Waals surface area contributed by atoms with Gasteiger partial charge in [0.15, 0.2) is 11.5 Å². The van der Waals surface area contributed by atoms with Crippen molar-refractivity contribution < 1.29 is 24.2 Å². The predicted molar refractivity (Wildman–Crippen MR) is 87.8 cm³/mol. The number of phenolic OH excluding ortho intramolecular Hbond substituents is 1. The average molecular weight is 393 g/mol. The SMILES string of the molecule is O=C(NNC(=O)C1COc2ccccc2O1)c1cc(Br)ccc1O. The lowest BCUT2D eigenvalue weighted by molar-refractivity contribution is -0.131.